The maximum atomic E-state index is 12.8. The van der Waals surface area contributed by atoms with E-state index in [1.165, 1.54) is 0 Å². The van der Waals surface area contributed by atoms with E-state index in [9.17, 15) is 9.59 Å². The Bertz CT molecular complexity index is 758. The molecule has 1 aliphatic rings. The van der Waals surface area contributed by atoms with Crippen LogP contribution in [0.3, 0.4) is 0 Å². The van der Waals surface area contributed by atoms with Crippen LogP contribution in [0, 0.1) is 0 Å². The van der Waals surface area contributed by atoms with Crippen molar-refractivity contribution < 1.29 is 19.4 Å². The summed E-state index contributed by atoms with van der Waals surface area (Å²) >= 11 is 1.70. The van der Waals surface area contributed by atoms with Gasteiger partial charge in [0.25, 0.3) is 0 Å². The molecule has 24 heavy (non-hydrogen) atoms. The van der Waals surface area contributed by atoms with Crippen molar-refractivity contribution in [2.45, 2.75) is 18.9 Å². The average Bonchev–Trinajstić information content (AvgIpc) is 2.98. The summed E-state index contributed by atoms with van der Waals surface area (Å²) in [7, 11) is 1.61. The number of rotatable bonds is 5. The third-order valence-corrected chi connectivity index (χ3v) is 5.36. The average molecular weight is 348 g/mol. The smallest absolute Gasteiger partial charge is 0.305 e. The molecule has 0 radical (unpaired) electrons. The molecule has 0 aliphatic carbocycles. The first-order valence-electron chi connectivity index (χ1n) is 7.82. The summed E-state index contributed by atoms with van der Waals surface area (Å²) in [5.74, 6) is 1.35. The van der Waals surface area contributed by atoms with Gasteiger partial charge in [0.15, 0.2) is 0 Å². The second kappa shape index (κ2) is 7.17. The largest absolute Gasteiger partial charge is 0.496 e. The molecule has 3 rings (SSSR count). The van der Waals surface area contributed by atoms with Crippen molar-refractivity contribution in [3.05, 3.63) is 30.0 Å². The van der Waals surface area contributed by atoms with Gasteiger partial charge in [-0.2, -0.15) is 11.8 Å². The Labute approximate surface area is 144 Å². The minimum atomic E-state index is -0.867. The van der Waals surface area contributed by atoms with Gasteiger partial charge >= 0.3 is 5.97 Å². The molecule has 1 aromatic heterocycles. The Balaban J connectivity index is 1.82. The zero-order valence-electron chi connectivity index (χ0n) is 13.4. The van der Waals surface area contributed by atoms with Crippen molar-refractivity contribution >= 4 is 34.5 Å². The molecule has 1 saturated heterocycles. The molecule has 2 heterocycles. The molecule has 1 atom stereocenters. The predicted octanol–water partition coefficient (Wildman–Crippen LogP) is 2.14. The number of amides is 1. The molecule has 0 bridgehead atoms. The number of H-pyrrole nitrogens is 1. The number of carbonyl (C=O) groups is 2. The second-order valence-corrected chi connectivity index (χ2v) is 6.94. The molecular formula is C17H20N2O4S. The zero-order valence-corrected chi connectivity index (χ0v) is 14.3. The molecule has 7 heteroatoms. The van der Waals surface area contributed by atoms with E-state index in [4.69, 9.17) is 9.84 Å². The highest BCUT2D eigenvalue weighted by atomic mass is 32.2. The normalized spacial score (nSPS) is 17.9. The van der Waals surface area contributed by atoms with Gasteiger partial charge in [-0.15, -0.1) is 0 Å². The number of methoxy groups -OCH3 is 1. The van der Waals surface area contributed by atoms with Crippen LogP contribution in [0.15, 0.2) is 24.4 Å². The second-order valence-electron chi connectivity index (χ2n) is 5.79. The van der Waals surface area contributed by atoms with Gasteiger partial charge in [0.05, 0.1) is 26.0 Å². The highest BCUT2D eigenvalue weighted by Gasteiger charge is 2.29. The minimum Gasteiger partial charge on any atom is -0.496 e. The van der Waals surface area contributed by atoms with E-state index in [1.54, 1.807) is 23.8 Å². The molecule has 1 amide bonds. The molecule has 1 unspecified atom stereocenters. The maximum absolute atomic E-state index is 12.8. The lowest BCUT2D eigenvalue weighted by Crippen LogP contribution is -2.47. The van der Waals surface area contributed by atoms with E-state index in [-0.39, 0.29) is 24.8 Å². The number of aromatic nitrogens is 1. The van der Waals surface area contributed by atoms with Crippen molar-refractivity contribution in [2.75, 3.05) is 25.2 Å². The lowest BCUT2D eigenvalue weighted by Gasteiger charge is -2.34. The SMILES string of the molecule is COc1cccc2[nH]cc(CC(=O)N3CCSCC3CC(=O)O)c12. The van der Waals surface area contributed by atoms with Crippen molar-refractivity contribution in [2.24, 2.45) is 0 Å². The minimum absolute atomic E-state index is 0.00402. The number of carbonyl (C=O) groups excluding carboxylic acids is 1. The summed E-state index contributed by atoms with van der Waals surface area (Å²) in [5.41, 5.74) is 1.80. The van der Waals surface area contributed by atoms with Gasteiger partial charge in [0.1, 0.15) is 5.75 Å². The number of ether oxygens (including phenoxy) is 1. The van der Waals surface area contributed by atoms with Gasteiger partial charge in [-0.25, -0.2) is 0 Å². The zero-order chi connectivity index (χ0) is 17.1. The van der Waals surface area contributed by atoms with E-state index in [0.29, 0.717) is 12.3 Å². The number of carboxylic acid groups (broad SMARTS) is 1. The van der Waals surface area contributed by atoms with Gasteiger partial charge < -0.3 is 19.7 Å². The Morgan fingerprint density at radius 1 is 1.46 bits per heavy atom. The summed E-state index contributed by atoms with van der Waals surface area (Å²) in [6, 6.07) is 5.47. The van der Waals surface area contributed by atoms with Crippen LogP contribution in [0.4, 0.5) is 0 Å². The van der Waals surface area contributed by atoms with Crippen molar-refractivity contribution in [3.8, 4) is 5.75 Å². The van der Waals surface area contributed by atoms with E-state index < -0.39 is 5.97 Å². The van der Waals surface area contributed by atoms with Gasteiger partial charge in [0, 0.05) is 35.2 Å². The number of thioether (sulfide) groups is 1. The lowest BCUT2D eigenvalue weighted by atomic mass is 10.1. The van der Waals surface area contributed by atoms with Crippen LogP contribution >= 0.6 is 11.8 Å². The van der Waals surface area contributed by atoms with Crippen LogP contribution in [0.1, 0.15) is 12.0 Å². The number of hydrogen-bond donors (Lipinski definition) is 2. The number of fused-ring (bicyclic) bond motifs is 1. The van der Waals surface area contributed by atoms with Crippen molar-refractivity contribution in [1.29, 1.82) is 0 Å². The summed E-state index contributed by atoms with van der Waals surface area (Å²) < 4.78 is 5.40. The highest BCUT2D eigenvalue weighted by molar-refractivity contribution is 7.99. The number of hydrogen-bond acceptors (Lipinski definition) is 4. The van der Waals surface area contributed by atoms with Crippen molar-refractivity contribution in [3.63, 3.8) is 0 Å². The third kappa shape index (κ3) is 3.36. The number of nitrogens with one attached hydrogen (secondary N) is 1. The number of nitrogens with zero attached hydrogens (tertiary/aromatic N) is 1. The summed E-state index contributed by atoms with van der Waals surface area (Å²) in [6.07, 6.45) is 2.06. The Morgan fingerprint density at radius 2 is 2.29 bits per heavy atom. The standard InChI is InChI=1S/C17H20N2O4S/c1-23-14-4-2-3-13-17(14)11(9-18-13)7-15(20)19-5-6-24-10-12(19)8-16(21)22/h2-4,9,12,18H,5-8,10H2,1H3,(H,21,22). The fraction of sp³-hybridized carbons (Fsp3) is 0.412. The van der Waals surface area contributed by atoms with Crippen molar-refractivity contribution in [1.82, 2.24) is 9.88 Å². The summed E-state index contributed by atoms with van der Waals surface area (Å²) in [4.78, 5) is 28.7. The topological polar surface area (TPSA) is 82.6 Å². The van der Waals surface area contributed by atoms with Crippen LogP contribution in [-0.2, 0) is 16.0 Å². The van der Waals surface area contributed by atoms with Crippen LogP contribution in [0.25, 0.3) is 10.9 Å². The Morgan fingerprint density at radius 3 is 3.04 bits per heavy atom. The number of carboxylic acids is 1. The molecule has 0 spiro atoms. The van der Waals surface area contributed by atoms with Crippen LogP contribution < -0.4 is 4.74 Å². The van der Waals surface area contributed by atoms with E-state index in [0.717, 1.165) is 28.0 Å². The van der Waals surface area contributed by atoms with E-state index >= 15 is 0 Å². The first-order chi connectivity index (χ1) is 11.6. The molecular weight excluding hydrogens is 328 g/mol. The Hall–Kier alpha value is -2.15. The molecule has 0 saturated carbocycles. The first-order valence-corrected chi connectivity index (χ1v) is 8.97. The number of aromatic amines is 1. The first kappa shape index (κ1) is 16.7. The van der Waals surface area contributed by atoms with Crippen LogP contribution in [-0.4, -0.2) is 58.1 Å². The molecule has 1 aliphatic heterocycles. The van der Waals surface area contributed by atoms with Gasteiger partial charge in [-0.05, 0) is 17.7 Å². The quantitative estimate of drug-likeness (QED) is 0.865. The number of benzene rings is 1. The summed E-state index contributed by atoms with van der Waals surface area (Å²) in [5, 5.41) is 9.97. The summed E-state index contributed by atoms with van der Waals surface area (Å²) in [6.45, 7) is 0.598. The fourth-order valence-corrected chi connectivity index (χ4v) is 4.21. The maximum Gasteiger partial charge on any atom is 0.305 e. The number of aliphatic carboxylic acids is 1. The van der Waals surface area contributed by atoms with Crippen LogP contribution in [0.5, 0.6) is 5.75 Å². The van der Waals surface area contributed by atoms with Gasteiger partial charge in [0.2, 0.25) is 5.91 Å². The molecule has 1 fully saturated rings. The fourth-order valence-electron chi connectivity index (χ4n) is 3.15. The monoisotopic (exact) mass is 348 g/mol. The predicted molar refractivity (Wildman–Crippen MR) is 93.6 cm³/mol. The van der Waals surface area contributed by atoms with Gasteiger partial charge in [-0.1, -0.05) is 6.07 Å². The molecule has 2 N–H and O–H groups in total. The Kier molecular flexibility index (Phi) is 4.99. The van der Waals surface area contributed by atoms with E-state index in [2.05, 4.69) is 4.98 Å². The molecule has 6 nitrogen and oxygen atoms in total. The molecule has 2 aromatic rings. The highest BCUT2D eigenvalue weighted by Crippen LogP contribution is 2.29. The molecule has 128 valence electrons. The van der Waals surface area contributed by atoms with Crippen LogP contribution in [0.2, 0.25) is 0 Å². The van der Waals surface area contributed by atoms with E-state index in [1.807, 2.05) is 24.4 Å². The van der Waals surface area contributed by atoms with Gasteiger partial charge in [-0.3, -0.25) is 9.59 Å². The third-order valence-electron chi connectivity index (χ3n) is 4.27. The molecule has 1 aromatic carbocycles. The lowest BCUT2D eigenvalue weighted by molar-refractivity contribution is -0.140.